The number of rotatable bonds is 6. The van der Waals surface area contributed by atoms with E-state index in [1.807, 2.05) is 0 Å². The van der Waals surface area contributed by atoms with Crippen LogP contribution in [0, 0.1) is 12.7 Å². The number of hydrogen-bond donors (Lipinski definition) is 4. The highest BCUT2D eigenvalue weighted by Crippen LogP contribution is 2.46. The number of nitrogens with one attached hydrogen (secondary N) is 1. The molecule has 1 aliphatic carbocycles. The number of benzene rings is 1. The van der Waals surface area contributed by atoms with Gasteiger partial charge in [-0.25, -0.2) is 27.7 Å². The van der Waals surface area contributed by atoms with Gasteiger partial charge in [-0.3, -0.25) is 4.52 Å². The van der Waals surface area contributed by atoms with Crippen molar-refractivity contribution in [2.45, 2.75) is 57.1 Å². The maximum Gasteiger partial charge on any atom is 0.470 e. The molecule has 4 atom stereocenters. The normalized spacial score (nSPS) is 23.8. The number of alkyl halides is 2. The molecule has 3 heterocycles. The molecule has 37 heavy (non-hydrogen) atoms. The number of phosphoric acid groups is 1. The highest BCUT2D eigenvalue weighted by molar-refractivity contribution is 7.46. The lowest BCUT2D eigenvalue weighted by Gasteiger charge is -2.27. The van der Waals surface area contributed by atoms with Crippen LogP contribution in [0.3, 0.4) is 0 Å². The summed E-state index contributed by atoms with van der Waals surface area (Å²) in [6, 6.07) is 1.88. The molecule has 202 valence electrons. The van der Waals surface area contributed by atoms with Crippen molar-refractivity contribution in [3.63, 3.8) is 0 Å². The maximum absolute atomic E-state index is 14.7. The van der Waals surface area contributed by atoms with Gasteiger partial charge >= 0.3 is 7.82 Å². The molecule has 11 nitrogen and oxygen atoms in total. The predicted octanol–water partition coefficient (Wildman–Crippen LogP) is 1.87. The van der Waals surface area contributed by atoms with Gasteiger partial charge in [-0.1, -0.05) is 0 Å². The zero-order valence-electron chi connectivity index (χ0n) is 19.5. The van der Waals surface area contributed by atoms with Gasteiger partial charge in [0, 0.05) is 30.1 Å². The summed E-state index contributed by atoms with van der Waals surface area (Å²) < 4.78 is 66.2. The molecule has 0 spiro atoms. The Morgan fingerprint density at radius 2 is 2.03 bits per heavy atom. The highest BCUT2D eigenvalue weighted by atomic mass is 31.2. The third-order valence-corrected chi connectivity index (χ3v) is 7.25. The van der Waals surface area contributed by atoms with E-state index in [2.05, 4.69) is 15.3 Å². The van der Waals surface area contributed by atoms with Crippen molar-refractivity contribution in [2.24, 2.45) is 0 Å². The van der Waals surface area contributed by atoms with Gasteiger partial charge in [0.05, 0.1) is 17.3 Å². The Morgan fingerprint density at radius 1 is 1.27 bits per heavy atom. The fourth-order valence-corrected chi connectivity index (χ4v) is 5.63. The zero-order valence-corrected chi connectivity index (χ0v) is 20.4. The van der Waals surface area contributed by atoms with Gasteiger partial charge in [0.2, 0.25) is 0 Å². The van der Waals surface area contributed by atoms with Crippen LogP contribution in [0.1, 0.15) is 41.3 Å². The molecule has 0 bridgehead atoms. The number of aliphatic hydroxyl groups is 1. The summed E-state index contributed by atoms with van der Waals surface area (Å²) in [6.07, 6.45) is -4.01. The summed E-state index contributed by atoms with van der Waals surface area (Å²) in [7, 11) is -5.08. The fraction of sp³-hybridized carbons (Fsp3) is 0.455. The second-order valence-electron chi connectivity index (χ2n) is 8.89. The van der Waals surface area contributed by atoms with Crippen LogP contribution in [-0.2, 0) is 22.1 Å². The van der Waals surface area contributed by atoms with Crippen molar-refractivity contribution in [2.75, 3.05) is 6.54 Å². The lowest BCUT2D eigenvalue weighted by Crippen LogP contribution is -2.37. The summed E-state index contributed by atoms with van der Waals surface area (Å²) in [6.45, 7) is 2.34. The van der Waals surface area contributed by atoms with Crippen molar-refractivity contribution >= 4 is 18.9 Å². The molecule has 0 saturated heterocycles. The van der Waals surface area contributed by atoms with E-state index in [4.69, 9.17) is 9.26 Å². The van der Waals surface area contributed by atoms with Gasteiger partial charge < -0.3 is 35.0 Å². The summed E-state index contributed by atoms with van der Waals surface area (Å²) in [4.78, 5) is 27.4. The Hall–Kier alpha value is -2.58. The lowest BCUT2D eigenvalue weighted by molar-refractivity contribution is -0.0163. The van der Waals surface area contributed by atoms with Gasteiger partial charge in [0.15, 0.2) is 0 Å². The maximum atomic E-state index is 14.7. The zero-order chi connectivity index (χ0) is 25.8. The standard InChI is InChI=1S/C22H24F3N4O6P.H2O/c1-10-11-3-5-29(22(11)28-9-27-10)15-7-17(20(19(15)30)35-36(31,32)33)34-16-6-13(21(24)25)18(23)12-2-4-26-8-14(12)16;/h3,5-6,9,15,17,19-21,26,30H,2,4,7-8H2,1H3,(H2,31,32,33);1H2/t15-,17+,19+,20-;/m1./s1. The molecule has 5 rings (SSSR count). The Kier molecular flexibility index (Phi) is 7.64. The van der Waals surface area contributed by atoms with E-state index in [0.717, 1.165) is 11.5 Å². The van der Waals surface area contributed by atoms with E-state index in [-0.39, 0.29) is 36.2 Å². The van der Waals surface area contributed by atoms with Crippen molar-refractivity contribution in [1.82, 2.24) is 19.9 Å². The molecule has 3 aromatic rings. The van der Waals surface area contributed by atoms with Crippen LogP contribution in [0.15, 0.2) is 24.7 Å². The minimum absolute atomic E-state index is 0. The Labute approximate surface area is 208 Å². The van der Waals surface area contributed by atoms with Crippen molar-refractivity contribution < 1.29 is 47.4 Å². The van der Waals surface area contributed by atoms with Crippen molar-refractivity contribution in [3.05, 3.63) is 52.9 Å². The van der Waals surface area contributed by atoms with Gasteiger partial charge in [-0.15, -0.1) is 0 Å². The van der Waals surface area contributed by atoms with Crippen molar-refractivity contribution in [1.29, 1.82) is 0 Å². The Balaban J connectivity index is 0.00000320. The highest BCUT2D eigenvalue weighted by Gasteiger charge is 2.49. The van der Waals surface area contributed by atoms with Gasteiger partial charge in [-0.2, -0.15) is 0 Å². The molecule has 15 heteroatoms. The summed E-state index contributed by atoms with van der Waals surface area (Å²) in [5.41, 5.74) is 0.813. The molecule has 1 aliphatic heterocycles. The summed E-state index contributed by atoms with van der Waals surface area (Å²) >= 11 is 0. The van der Waals surface area contributed by atoms with Crippen molar-refractivity contribution in [3.8, 4) is 5.75 Å². The molecule has 0 radical (unpaired) electrons. The van der Waals surface area contributed by atoms with E-state index < -0.39 is 50.0 Å². The monoisotopic (exact) mass is 546 g/mol. The number of nitrogens with zero attached hydrogens (tertiary/aromatic N) is 3. The van der Waals surface area contributed by atoms with Gasteiger partial charge in [-0.05, 0) is 37.6 Å². The summed E-state index contributed by atoms with van der Waals surface area (Å²) in [5, 5.41) is 14.8. The average Bonchev–Trinajstić information content (AvgIpc) is 3.37. The van der Waals surface area contributed by atoms with Crippen LogP contribution < -0.4 is 10.1 Å². The number of aliphatic hydroxyl groups excluding tert-OH is 1. The molecule has 1 fully saturated rings. The van der Waals surface area contributed by atoms with Crippen LogP contribution in [0.25, 0.3) is 11.0 Å². The molecule has 1 aromatic carbocycles. The average molecular weight is 546 g/mol. The summed E-state index contributed by atoms with van der Waals surface area (Å²) in [5.74, 6) is -1.04. The predicted molar refractivity (Wildman–Crippen MR) is 124 cm³/mol. The number of halogens is 3. The first kappa shape index (κ1) is 27.5. The number of hydrogen-bond acceptors (Lipinski definition) is 7. The second-order valence-corrected chi connectivity index (χ2v) is 10.1. The van der Waals surface area contributed by atoms with E-state index in [1.165, 1.54) is 6.33 Å². The topological polar surface area (TPSA) is 170 Å². The Bertz CT molecular complexity index is 1350. The van der Waals surface area contributed by atoms with Crippen LogP contribution in [0.5, 0.6) is 5.75 Å². The number of ether oxygens (including phenoxy) is 1. The first-order valence-corrected chi connectivity index (χ1v) is 12.8. The Morgan fingerprint density at radius 3 is 2.73 bits per heavy atom. The van der Waals surface area contributed by atoms with Gasteiger partial charge in [0.1, 0.15) is 41.9 Å². The third kappa shape index (κ3) is 5.10. The number of aromatic nitrogens is 3. The first-order chi connectivity index (χ1) is 17.0. The lowest BCUT2D eigenvalue weighted by atomic mass is 9.96. The fourth-order valence-electron chi connectivity index (χ4n) is 5.05. The third-order valence-electron chi connectivity index (χ3n) is 6.73. The van der Waals surface area contributed by atoms with Crippen LogP contribution in [-0.4, -0.2) is 59.8 Å². The molecular weight excluding hydrogens is 520 g/mol. The van der Waals surface area contributed by atoms with Crippen LogP contribution in [0.2, 0.25) is 0 Å². The first-order valence-electron chi connectivity index (χ1n) is 11.2. The molecule has 2 aromatic heterocycles. The smallest absolute Gasteiger partial charge is 0.470 e. The molecule has 0 amide bonds. The number of fused-ring (bicyclic) bond motifs is 2. The largest absolute Gasteiger partial charge is 0.487 e. The molecule has 6 N–H and O–H groups in total. The number of aryl methyl sites for hydroxylation is 1. The van der Waals surface area contributed by atoms with E-state index >= 15 is 0 Å². The second kappa shape index (κ2) is 10.3. The molecule has 0 unspecified atom stereocenters. The van der Waals surface area contributed by atoms with Crippen LogP contribution in [0.4, 0.5) is 13.2 Å². The van der Waals surface area contributed by atoms with E-state index in [9.17, 15) is 32.6 Å². The SMILES string of the molecule is Cc1ncnc2c1ccn2[C@@H]1C[C@H](Oc2cc(C(F)F)c(F)c3c2CNCC3)[C@@H](OP(=O)(O)O)[C@H]1O.O. The minimum atomic E-state index is -5.08. The molecular formula is C22H26F3N4O7P. The quantitative estimate of drug-likeness (QED) is 0.337. The van der Waals surface area contributed by atoms with Crippen LogP contribution >= 0.6 is 7.82 Å². The number of phosphoric ester groups is 1. The van der Waals surface area contributed by atoms with E-state index in [1.54, 1.807) is 23.8 Å². The van der Waals surface area contributed by atoms with Gasteiger partial charge in [0.25, 0.3) is 6.43 Å². The molecule has 2 aliphatic rings. The minimum Gasteiger partial charge on any atom is -0.487 e. The molecule has 1 saturated carbocycles. The van der Waals surface area contributed by atoms with E-state index in [0.29, 0.717) is 23.4 Å².